The highest BCUT2D eigenvalue weighted by Crippen LogP contribution is 2.39. The SMILES string of the molecule is COc1cc(/C=C2\SC(=O)N(Cc3ccc(I)cc3)C2=O)cc(Cl)c1OCC(=O)Nc1ccccc1Cl. The van der Waals surface area contributed by atoms with Crippen LogP contribution in [0, 0.1) is 3.57 Å². The Morgan fingerprint density at radius 1 is 1.08 bits per heavy atom. The number of imide groups is 1. The molecule has 1 N–H and O–H groups in total. The van der Waals surface area contributed by atoms with Gasteiger partial charge in [-0.25, -0.2) is 0 Å². The maximum absolute atomic E-state index is 12.9. The van der Waals surface area contributed by atoms with Gasteiger partial charge in [-0.1, -0.05) is 47.5 Å². The molecular weight excluding hydrogens is 650 g/mol. The standard InChI is InChI=1S/C26H19Cl2IN2O5S/c1-35-21-11-16(10-19(28)24(21)36-14-23(32)30-20-5-3-2-4-18(20)27)12-22-25(33)31(26(34)37-22)13-15-6-8-17(29)9-7-15/h2-12H,13-14H2,1H3,(H,30,32)/b22-12-. The van der Waals surface area contributed by atoms with Crippen LogP contribution in [0.4, 0.5) is 10.5 Å². The molecule has 3 aromatic rings. The molecule has 3 amide bonds. The number of anilines is 1. The van der Waals surface area contributed by atoms with Gasteiger partial charge in [0.05, 0.1) is 34.3 Å². The quantitative estimate of drug-likeness (QED) is 0.209. The van der Waals surface area contributed by atoms with Crippen molar-refractivity contribution in [3.63, 3.8) is 0 Å². The lowest BCUT2D eigenvalue weighted by molar-refractivity contribution is -0.123. The van der Waals surface area contributed by atoms with Crippen molar-refractivity contribution in [2.75, 3.05) is 19.0 Å². The fraction of sp³-hybridized carbons (Fsp3) is 0.115. The van der Waals surface area contributed by atoms with Crippen molar-refractivity contribution < 1.29 is 23.9 Å². The van der Waals surface area contributed by atoms with Crippen LogP contribution in [0.15, 0.2) is 65.6 Å². The molecule has 1 aliphatic rings. The maximum Gasteiger partial charge on any atom is 0.293 e. The van der Waals surface area contributed by atoms with Crippen molar-refractivity contribution in [2.24, 2.45) is 0 Å². The zero-order valence-corrected chi connectivity index (χ0v) is 23.8. The summed E-state index contributed by atoms with van der Waals surface area (Å²) in [5.74, 6) is -0.387. The lowest BCUT2D eigenvalue weighted by atomic mass is 10.1. The summed E-state index contributed by atoms with van der Waals surface area (Å²) in [6.45, 7) is -0.149. The number of rotatable bonds is 8. The third-order valence-electron chi connectivity index (χ3n) is 5.17. The second-order valence-corrected chi connectivity index (χ2v) is 10.8. The molecule has 0 radical (unpaired) electrons. The van der Waals surface area contributed by atoms with Crippen LogP contribution in [0.25, 0.3) is 6.08 Å². The van der Waals surface area contributed by atoms with Gasteiger partial charge in [0.1, 0.15) is 0 Å². The van der Waals surface area contributed by atoms with E-state index in [-0.39, 0.29) is 45.7 Å². The molecule has 11 heteroatoms. The highest BCUT2D eigenvalue weighted by Gasteiger charge is 2.35. The number of benzene rings is 3. The predicted octanol–water partition coefficient (Wildman–Crippen LogP) is 6.86. The summed E-state index contributed by atoms with van der Waals surface area (Å²) in [6, 6.07) is 17.6. The molecule has 1 saturated heterocycles. The third kappa shape index (κ3) is 6.78. The molecule has 3 aromatic carbocycles. The Morgan fingerprint density at radius 2 is 1.81 bits per heavy atom. The van der Waals surface area contributed by atoms with Crippen LogP contribution in [0.1, 0.15) is 11.1 Å². The first-order valence-corrected chi connectivity index (χ1v) is 13.4. The summed E-state index contributed by atoms with van der Waals surface area (Å²) in [4.78, 5) is 39.2. The Kier molecular flexibility index (Phi) is 9.01. The summed E-state index contributed by atoms with van der Waals surface area (Å²) in [6.07, 6.45) is 1.57. The van der Waals surface area contributed by atoms with E-state index < -0.39 is 5.91 Å². The topological polar surface area (TPSA) is 84.9 Å². The van der Waals surface area contributed by atoms with E-state index in [9.17, 15) is 14.4 Å². The number of nitrogens with one attached hydrogen (secondary N) is 1. The van der Waals surface area contributed by atoms with Gasteiger partial charge in [0, 0.05) is 3.57 Å². The first kappa shape index (κ1) is 27.3. The van der Waals surface area contributed by atoms with Crippen molar-refractivity contribution >= 4 is 86.4 Å². The lowest BCUT2D eigenvalue weighted by Crippen LogP contribution is -2.27. The van der Waals surface area contributed by atoms with Crippen LogP contribution in [0.2, 0.25) is 10.0 Å². The molecule has 0 bridgehead atoms. The number of methoxy groups -OCH3 is 1. The second-order valence-electron chi connectivity index (χ2n) is 7.75. The molecular formula is C26H19Cl2IN2O5S. The Labute approximate surface area is 241 Å². The number of hydrogen-bond acceptors (Lipinski definition) is 6. The van der Waals surface area contributed by atoms with Crippen molar-refractivity contribution in [3.8, 4) is 11.5 Å². The number of thioether (sulfide) groups is 1. The summed E-state index contributed by atoms with van der Waals surface area (Å²) in [5, 5.41) is 2.89. The Balaban J connectivity index is 1.47. The van der Waals surface area contributed by atoms with E-state index >= 15 is 0 Å². The number of halogens is 3. The highest BCUT2D eigenvalue weighted by molar-refractivity contribution is 14.1. The van der Waals surface area contributed by atoms with Crippen LogP contribution < -0.4 is 14.8 Å². The van der Waals surface area contributed by atoms with Gasteiger partial charge in [0.25, 0.3) is 17.1 Å². The average molecular weight is 669 g/mol. The van der Waals surface area contributed by atoms with Gasteiger partial charge in [-0.2, -0.15) is 0 Å². The number of ether oxygens (including phenoxy) is 2. The normalized spacial score (nSPS) is 14.3. The fourth-order valence-corrected chi connectivity index (χ4v) is 5.06. The number of carbonyl (C=O) groups excluding carboxylic acids is 3. The van der Waals surface area contributed by atoms with E-state index in [1.807, 2.05) is 24.3 Å². The Bertz CT molecular complexity index is 1400. The van der Waals surface area contributed by atoms with Crippen LogP contribution in [0.3, 0.4) is 0 Å². The van der Waals surface area contributed by atoms with Gasteiger partial charge in [0.15, 0.2) is 18.1 Å². The van der Waals surface area contributed by atoms with Crippen molar-refractivity contribution in [1.82, 2.24) is 4.90 Å². The molecule has 1 fully saturated rings. The van der Waals surface area contributed by atoms with Gasteiger partial charge in [0.2, 0.25) is 0 Å². The largest absolute Gasteiger partial charge is 0.493 e. The number of nitrogens with zero attached hydrogens (tertiary/aromatic N) is 1. The molecule has 7 nitrogen and oxygen atoms in total. The summed E-state index contributed by atoms with van der Waals surface area (Å²) >= 11 is 15.5. The van der Waals surface area contributed by atoms with E-state index in [0.29, 0.717) is 16.3 Å². The van der Waals surface area contributed by atoms with E-state index in [1.54, 1.807) is 42.5 Å². The van der Waals surface area contributed by atoms with Crippen molar-refractivity contribution in [3.05, 3.63) is 90.3 Å². The second kappa shape index (κ2) is 12.2. The lowest BCUT2D eigenvalue weighted by Gasteiger charge is -2.14. The minimum atomic E-state index is -0.433. The molecule has 37 heavy (non-hydrogen) atoms. The minimum Gasteiger partial charge on any atom is -0.493 e. The molecule has 0 aromatic heterocycles. The molecule has 0 aliphatic carbocycles. The third-order valence-corrected chi connectivity index (χ3v) is 7.41. The zero-order chi connectivity index (χ0) is 26.5. The average Bonchev–Trinajstić information content (AvgIpc) is 3.13. The van der Waals surface area contributed by atoms with Gasteiger partial charge in [-0.3, -0.25) is 19.3 Å². The minimum absolute atomic E-state index is 0.169. The summed E-state index contributed by atoms with van der Waals surface area (Å²) in [7, 11) is 1.43. The number of para-hydroxylation sites is 1. The summed E-state index contributed by atoms with van der Waals surface area (Å²) in [5.41, 5.74) is 1.85. The monoisotopic (exact) mass is 668 g/mol. The first-order chi connectivity index (χ1) is 17.7. The van der Waals surface area contributed by atoms with Crippen LogP contribution in [-0.4, -0.2) is 35.7 Å². The molecule has 1 heterocycles. The van der Waals surface area contributed by atoms with Gasteiger partial charge in [-0.05, 0) is 88.0 Å². The van der Waals surface area contributed by atoms with Gasteiger partial charge < -0.3 is 14.8 Å². The molecule has 4 rings (SSSR count). The summed E-state index contributed by atoms with van der Waals surface area (Å²) < 4.78 is 12.1. The van der Waals surface area contributed by atoms with E-state index in [0.717, 1.165) is 20.9 Å². The molecule has 0 spiro atoms. The van der Waals surface area contributed by atoms with E-state index in [1.165, 1.54) is 12.0 Å². The zero-order valence-electron chi connectivity index (χ0n) is 19.3. The van der Waals surface area contributed by atoms with E-state index in [4.69, 9.17) is 32.7 Å². The van der Waals surface area contributed by atoms with Crippen LogP contribution in [0.5, 0.6) is 11.5 Å². The highest BCUT2D eigenvalue weighted by atomic mass is 127. The number of amides is 3. The maximum atomic E-state index is 12.9. The van der Waals surface area contributed by atoms with Gasteiger partial charge >= 0.3 is 0 Å². The van der Waals surface area contributed by atoms with Crippen molar-refractivity contribution in [1.29, 1.82) is 0 Å². The van der Waals surface area contributed by atoms with E-state index in [2.05, 4.69) is 27.9 Å². The molecule has 1 aliphatic heterocycles. The Hall–Kier alpha value is -2.73. The molecule has 190 valence electrons. The number of carbonyl (C=O) groups is 3. The Morgan fingerprint density at radius 3 is 2.51 bits per heavy atom. The van der Waals surface area contributed by atoms with Crippen molar-refractivity contribution in [2.45, 2.75) is 6.54 Å². The molecule has 0 saturated carbocycles. The predicted molar refractivity (Wildman–Crippen MR) is 154 cm³/mol. The van der Waals surface area contributed by atoms with Gasteiger partial charge in [-0.15, -0.1) is 0 Å². The number of hydrogen-bond donors (Lipinski definition) is 1. The molecule has 0 unspecified atom stereocenters. The van der Waals surface area contributed by atoms with Crippen LogP contribution in [-0.2, 0) is 16.1 Å². The van der Waals surface area contributed by atoms with Crippen LogP contribution >= 0.6 is 57.6 Å². The smallest absolute Gasteiger partial charge is 0.293 e. The fourth-order valence-electron chi connectivity index (χ4n) is 3.41. The molecule has 0 atom stereocenters. The first-order valence-electron chi connectivity index (χ1n) is 10.8.